The van der Waals surface area contributed by atoms with Crippen LogP contribution in [0, 0.1) is 5.92 Å². The van der Waals surface area contributed by atoms with Gasteiger partial charge in [-0.1, -0.05) is 19.1 Å². The number of nitrogens with one attached hydrogen (secondary N) is 2. The normalized spacial score (nSPS) is 17.0. The van der Waals surface area contributed by atoms with Crippen LogP contribution < -0.4 is 10.6 Å². The standard InChI is InChI=1S/C11H22N2/c1-2-12-8-5-9-13-10-11-6-3-4-7-11/h3-4,11-13H,2,5-10H2,1H3. The van der Waals surface area contributed by atoms with Crippen LogP contribution >= 0.6 is 0 Å². The predicted molar refractivity (Wildman–Crippen MR) is 57.9 cm³/mol. The summed E-state index contributed by atoms with van der Waals surface area (Å²) in [5, 5.41) is 6.83. The van der Waals surface area contributed by atoms with Gasteiger partial charge in [-0.25, -0.2) is 0 Å². The van der Waals surface area contributed by atoms with Gasteiger partial charge in [-0.2, -0.15) is 0 Å². The highest BCUT2D eigenvalue weighted by molar-refractivity contribution is 4.94. The molecule has 0 unspecified atom stereocenters. The van der Waals surface area contributed by atoms with E-state index in [-0.39, 0.29) is 0 Å². The Kier molecular flexibility index (Phi) is 5.87. The van der Waals surface area contributed by atoms with Gasteiger partial charge in [-0.05, 0) is 51.4 Å². The zero-order valence-corrected chi connectivity index (χ0v) is 8.68. The fourth-order valence-electron chi connectivity index (χ4n) is 1.66. The van der Waals surface area contributed by atoms with Crippen LogP contribution in [0.2, 0.25) is 0 Å². The third kappa shape index (κ3) is 5.06. The summed E-state index contributed by atoms with van der Waals surface area (Å²) in [7, 11) is 0. The second-order valence-corrected chi connectivity index (χ2v) is 3.72. The van der Waals surface area contributed by atoms with Gasteiger partial charge < -0.3 is 10.6 Å². The van der Waals surface area contributed by atoms with Crippen LogP contribution in [0.15, 0.2) is 12.2 Å². The molecule has 0 spiro atoms. The van der Waals surface area contributed by atoms with Crippen molar-refractivity contribution in [1.29, 1.82) is 0 Å². The molecule has 0 aromatic rings. The lowest BCUT2D eigenvalue weighted by Crippen LogP contribution is -2.25. The molecule has 0 amide bonds. The SMILES string of the molecule is CCNCCCNCC1CC=CC1. The molecule has 1 aliphatic rings. The van der Waals surface area contributed by atoms with Gasteiger partial charge >= 0.3 is 0 Å². The van der Waals surface area contributed by atoms with E-state index in [0.29, 0.717) is 0 Å². The van der Waals surface area contributed by atoms with Crippen LogP contribution in [0.3, 0.4) is 0 Å². The molecule has 0 aromatic carbocycles. The molecular formula is C11H22N2. The smallest absolute Gasteiger partial charge is 0.00146 e. The Balaban J connectivity index is 1.78. The first-order valence-corrected chi connectivity index (χ1v) is 5.50. The van der Waals surface area contributed by atoms with E-state index >= 15 is 0 Å². The van der Waals surface area contributed by atoms with Crippen LogP contribution in [-0.4, -0.2) is 26.2 Å². The van der Waals surface area contributed by atoms with Crippen LogP contribution in [0.1, 0.15) is 26.2 Å². The molecule has 2 nitrogen and oxygen atoms in total. The van der Waals surface area contributed by atoms with Crippen molar-refractivity contribution in [2.24, 2.45) is 5.92 Å². The predicted octanol–water partition coefficient (Wildman–Crippen LogP) is 1.54. The Bertz CT molecular complexity index is 135. The van der Waals surface area contributed by atoms with Gasteiger partial charge in [0.05, 0.1) is 0 Å². The molecule has 2 N–H and O–H groups in total. The number of rotatable bonds is 7. The zero-order chi connectivity index (χ0) is 9.36. The van der Waals surface area contributed by atoms with Gasteiger partial charge in [0.25, 0.3) is 0 Å². The van der Waals surface area contributed by atoms with Gasteiger partial charge in [0, 0.05) is 0 Å². The van der Waals surface area contributed by atoms with Crippen molar-refractivity contribution in [2.75, 3.05) is 26.2 Å². The molecule has 0 atom stereocenters. The molecule has 1 aliphatic carbocycles. The minimum Gasteiger partial charge on any atom is -0.317 e. The summed E-state index contributed by atoms with van der Waals surface area (Å²) >= 11 is 0. The van der Waals surface area contributed by atoms with Gasteiger partial charge in [0.15, 0.2) is 0 Å². The first-order chi connectivity index (χ1) is 6.43. The Labute approximate surface area is 81.8 Å². The Morgan fingerprint density at radius 2 is 1.85 bits per heavy atom. The van der Waals surface area contributed by atoms with E-state index in [1.807, 2.05) is 0 Å². The molecule has 0 radical (unpaired) electrons. The molecule has 13 heavy (non-hydrogen) atoms. The lowest BCUT2D eigenvalue weighted by molar-refractivity contribution is 0.494. The Morgan fingerprint density at radius 1 is 1.15 bits per heavy atom. The van der Waals surface area contributed by atoms with Crippen molar-refractivity contribution >= 4 is 0 Å². The molecule has 0 saturated carbocycles. The van der Waals surface area contributed by atoms with Gasteiger partial charge in [-0.15, -0.1) is 0 Å². The minimum absolute atomic E-state index is 0.874. The van der Waals surface area contributed by atoms with E-state index in [1.54, 1.807) is 0 Å². The summed E-state index contributed by atoms with van der Waals surface area (Å²) in [4.78, 5) is 0. The lowest BCUT2D eigenvalue weighted by atomic mass is 10.1. The maximum Gasteiger partial charge on any atom is -0.00146 e. The number of allylic oxidation sites excluding steroid dienone is 2. The highest BCUT2D eigenvalue weighted by Gasteiger charge is 2.08. The van der Waals surface area contributed by atoms with Crippen molar-refractivity contribution in [2.45, 2.75) is 26.2 Å². The summed E-state index contributed by atoms with van der Waals surface area (Å²) in [6.45, 7) is 6.74. The fraction of sp³-hybridized carbons (Fsp3) is 0.818. The van der Waals surface area contributed by atoms with Crippen molar-refractivity contribution in [3.05, 3.63) is 12.2 Å². The highest BCUT2D eigenvalue weighted by Crippen LogP contribution is 2.15. The van der Waals surface area contributed by atoms with E-state index in [2.05, 4.69) is 29.7 Å². The molecule has 76 valence electrons. The molecular weight excluding hydrogens is 160 g/mol. The van der Waals surface area contributed by atoms with Crippen molar-refractivity contribution < 1.29 is 0 Å². The average molecular weight is 182 g/mol. The molecule has 0 aromatic heterocycles. The van der Waals surface area contributed by atoms with E-state index in [1.165, 1.54) is 25.8 Å². The zero-order valence-electron chi connectivity index (χ0n) is 8.68. The number of hydrogen-bond donors (Lipinski definition) is 2. The summed E-state index contributed by atoms with van der Waals surface area (Å²) in [5.41, 5.74) is 0. The third-order valence-corrected chi connectivity index (χ3v) is 2.50. The van der Waals surface area contributed by atoms with Crippen molar-refractivity contribution in [3.8, 4) is 0 Å². The highest BCUT2D eigenvalue weighted by atomic mass is 14.9. The van der Waals surface area contributed by atoms with Gasteiger partial charge in [0.2, 0.25) is 0 Å². The topological polar surface area (TPSA) is 24.1 Å². The minimum atomic E-state index is 0.874. The average Bonchev–Trinajstić information content (AvgIpc) is 2.63. The summed E-state index contributed by atoms with van der Waals surface area (Å²) in [6.07, 6.45) is 8.39. The van der Waals surface area contributed by atoms with Gasteiger partial charge in [-0.3, -0.25) is 0 Å². The first-order valence-electron chi connectivity index (χ1n) is 5.50. The first kappa shape index (κ1) is 10.7. The van der Waals surface area contributed by atoms with Crippen LogP contribution in [0.5, 0.6) is 0 Å². The Hall–Kier alpha value is -0.340. The Morgan fingerprint density at radius 3 is 2.54 bits per heavy atom. The van der Waals surface area contributed by atoms with Crippen LogP contribution in [0.25, 0.3) is 0 Å². The summed E-state index contributed by atoms with van der Waals surface area (Å²) < 4.78 is 0. The molecule has 0 fully saturated rings. The third-order valence-electron chi connectivity index (χ3n) is 2.50. The summed E-state index contributed by atoms with van der Waals surface area (Å²) in [6, 6.07) is 0. The number of hydrogen-bond acceptors (Lipinski definition) is 2. The molecule has 0 heterocycles. The summed E-state index contributed by atoms with van der Waals surface area (Å²) in [5.74, 6) is 0.874. The van der Waals surface area contributed by atoms with E-state index < -0.39 is 0 Å². The molecule has 0 aliphatic heterocycles. The van der Waals surface area contributed by atoms with Crippen LogP contribution in [-0.2, 0) is 0 Å². The van der Waals surface area contributed by atoms with Crippen LogP contribution in [0.4, 0.5) is 0 Å². The van der Waals surface area contributed by atoms with E-state index in [0.717, 1.165) is 25.6 Å². The quantitative estimate of drug-likeness (QED) is 0.461. The second kappa shape index (κ2) is 7.10. The maximum atomic E-state index is 3.51. The van der Waals surface area contributed by atoms with Gasteiger partial charge in [0.1, 0.15) is 0 Å². The lowest BCUT2D eigenvalue weighted by Gasteiger charge is -2.10. The molecule has 2 heteroatoms. The fourth-order valence-corrected chi connectivity index (χ4v) is 1.66. The molecule has 0 saturated heterocycles. The maximum absolute atomic E-state index is 3.51. The van der Waals surface area contributed by atoms with Crippen molar-refractivity contribution in [1.82, 2.24) is 10.6 Å². The van der Waals surface area contributed by atoms with E-state index in [4.69, 9.17) is 0 Å². The molecule has 0 bridgehead atoms. The largest absolute Gasteiger partial charge is 0.317 e. The monoisotopic (exact) mass is 182 g/mol. The van der Waals surface area contributed by atoms with E-state index in [9.17, 15) is 0 Å². The second-order valence-electron chi connectivity index (χ2n) is 3.72. The van der Waals surface area contributed by atoms with Crippen molar-refractivity contribution in [3.63, 3.8) is 0 Å². The molecule has 1 rings (SSSR count).